The summed E-state index contributed by atoms with van der Waals surface area (Å²) in [7, 11) is 0. The topological polar surface area (TPSA) is 12.9 Å². The highest BCUT2D eigenvalue weighted by Gasteiger charge is 2.09. The lowest BCUT2D eigenvalue weighted by Gasteiger charge is -2.13. The molecule has 3 heteroatoms. The van der Waals surface area contributed by atoms with Crippen LogP contribution in [-0.4, -0.2) is 10.7 Å². The molecular weight excluding hydrogens is 178 g/mol. The van der Waals surface area contributed by atoms with Gasteiger partial charge in [-0.1, -0.05) is 17.7 Å². The zero-order valence-corrected chi connectivity index (χ0v) is 7.58. The summed E-state index contributed by atoms with van der Waals surface area (Å²) in [4.78, 5) is 4.26. The van der Waals surface area contributed by atoms with E-state index in [1.807, 2.05) is 17.8 Å². The molecule has 1 aliphatic rings. The highest BCUT2D eigenvalue weighted by atomic mass is 35.5. The molecule has 0 unspecified atom stereocenters. The number of aryl methyl sites for hydroxylation is 1. The predicted molar refractivity (Wildman–Crippen MR) is 49.1 cm³/mol. The van der Waals surface area contributed by atoms with E-state index >= 15 is 0 Å². The average molecular weight is 186 g/mol. The monoisotopic (exact) mass is 185 g/mol. The van der Waals surface area contributed by atoms with Crippen molar-refractivity contribution in [1.29, 1.82) is 0 Å². The lowest BCUT2D eigenvalue weighted by atomic mass is 10.1. The maximum absolute atomic E-state index is 5.76. The van der Waals surface area contributed by atoms with E-state index < -0.39 is 0 Å². The Morgan fingerprint density at radius 1 is 1.45 bits per heavy atom. The highest BCUT2D eigenvalue weighted by Crippen LogP contribution is 2.23. The second kappa shape index (κ2) is 3.03. The van der Waals surface area contributed by atoms with Gasteiger partial charge in [0.05, 0.1) is 5.69 Å². The van der Waals surface area contributed by atoms with Gasteiger partial charge in [0, 0.05) is 5.75 Å². The van der Waals surface area contributed by atoms with Gasteiger partial charge in [-0.15, -0.1) is 0 Å². The molecule has 0 radical (unpaired) electrons. The van der Waals surface area contributed by atoms with E-state index in [4.69, 9.17) is 11.6 Å². The maximum Gasteiger partial charge on any atom is 0.129 e. The maximum atomic E-state index is 5.76. The molecule has 2 heterocycles. The van der Waals surface area contributed by atoms with E-state index in [0.29, 0.717) is 5.15 Å². The molecule has 1 nitrogen and oxygen atoms in total. The van der Waals surface area contributed by atoms with Crippen molar-refractivity contribution in [3.8, 4) is 0 Å². The van der Waals surface area contributed by atoms with Gasteiger partial charge in [-0.3, -0.25) is 0 Å². The fourth-order valence-corrected chi connectivity index (χ4v) is 2.32. The fraction of sp³-hybridized carbons (Fsp3) is 0.375. The summed E-state index contributed by atoms with van der Waals surface area (Å²) in [5.74, 6) is 2.24. The fourth-order valence-electron chi connectivity index (χ4n) is 1.21. The Bertz CT molecular complexity index is 275. The first-order chi connectivity index (χ1) is 5.36. The molecule has 11 heavy (non-hydrogen) atoms. The van der Waals surface area contributed by atoms with Crippen molar-refractivity contribution >= 4 is 23.4 Å². The van der Waals surface area contributed by atoms with Crippen LogP contribution in [0.5, 0.6) is 0 Å². The zero-order valence-electron chi connectivity index (χ0n) is 6.01. The molecule has 1 aromatic rings. The number of pyridine rings is 1. The van der Waals surface area contributed by atoms with Gasteiger partial charge in [0.15, 0.2) is 0 Å². The number of hydrogen-bond donors (Lipinski definition) is 0. The number of aromatic nitrogens is 1. The molecule has 0 fully saturated rings. The lowest BCUT2D eigenvalue weighted by molar-refractivity contribution is 1.02. The van der Waals surface area contributed by atoms with E-state index in [1.165, 1.54) is 17.0 Å². The summed E-state index contributed by atoms with van der Waals surface area (Å²) in [5.41, 5.74) is 2.54. The Labute approximate surface area is 75.2 Å². The number of hydrogen-bond acceptors (Lipinski definition) is 2. The van der Waals surface area contributed by atoms with Gasteiger partial charge in [-0.25, -0.2) is 4.98 Å². The van der Waals surface area contributed by atoms with E-state index in [1.54, 1.807) is 0 Å². The molecule has 2 rings (SSSR count). The number of halogens is 1. The van der Waals surface area contributed by atoms with Crippen LogP contribution in [0, 0.1) is 0 Å². The van der Waals surface area contributed by atoms with E-state index in [-0.39, 0.29) is 0 Å². The van der Waals surface area contributed by atoms with Gasteiger partial charge in [0.2, 0.25) is 0 Å². The largest absolute Gasteiger partial charge is 0.240 e. The first-order valence-corrected chi connectivity index (χ1v) is 5.11. The third-order valence-corrected chi connectivity index (χ3v) is 2.97. The molecule has 0 bridgehead atoms. The number of fused-ring (bicyclic) bond motifs is 1. The van der Waals surface area contributed by atoms with Crippen molar-refractivity contribution in [3.63, 3.8) is 0 Å². The minimum absolute atomic E-state index is 0.617. The highest BCUT2D eigenvalue weighted by molar-refractivity contribution is 7.98. The molecule has 0 aromatic carbocycles. The SMILES string of the molecule is Clc1ccc2c(n1)CSCC2. The quantitative estimate of drug-likeness (QED) is 0.577. The third-order valence-electron chi connectivity index (χ3n) is 1.79. The van der Waals surface area contributed by atoms with Crippen LogP contribution in [0.15, 0.2) is 12.1 Å². The summed E-state index contributed by atoms with van der Waals surface area (Å²) in [6.07, 6.45) is 1.14. The number of rotatable bonds is 0. The molecule has 0 N–H and O–H groups in total. The van der Waals surface area contributed by atoms with Crippen molar-refractivity contribution in [2.24, 2.45) is 0 Å². The van der Waals surface area contributed by atoms with Gasteiger partial charge in [-0.05, 0) is 23.8 Å². The van der Waals surface area contributed by atoms with Crippen LogP contribution in [0.1, 0.15) is 11.3 Å². The molecule has 0 saturated heterocycles. The molecule has 1 aromatic heterocycles. The summed E-state index contributed by atoms with van der Waals surface area (Å²) in [6, 6.07) is 3.96. The minimum Gasteiger partial charge on any atom is -0.240 e. The number of thioether (sulfide) groups is 1. The van der Waals surface area contributed by atoms with Crippen LogP contribution >= 0.6 is 23.4 Å². The lowest BCUT2D eigenvalue weighted by Crippen LogP contribution is -2.04. The number of nitrogens with zero attached hydrogens (tertiary/aromatic N) is 1. The van der Waals surface area contributed by atoms with Gasteiger partial charge >= 0.3 is 0 Å². The molecule has 0 aliphatic carbocycles. The normalized spacial score (nSPS) is 16.1. The van der Waals surface area contributed by atoms with E-state index in [0.717, 1.165) is 12.2 Å². The first-order valence-electron chi connectivity index (χ1n) is 3.58. The van der Waals surface area contributed by atoms with Gasteiger partial charge in [0.1, 0.15) is 5.15 Å². The molecule has 0 spiro atoms. The summed E-state index contributed by atoms with van der Waals surface area (Å²) >= 11 is 7.68. The van der Waals surface area contributed by atoms with E-state index in [2.05, 4.69) is 11.1 Å². The van der Waals surface area contributed by atoms with Crippen molar-refractivity contribution in [3.05, 3.63) is 28.5 Å². The first kappa shape index (κ1) is 7.44. The second-order valence-corrected chi connectivity index (χ2v) is 4.03. The Balaban J connectivity index is 2.43. The second-order valence-electron chi connectivity index (χ2n) is 2.54. The Kier molecular flexibility index (Phi) is 2.05. The van der Waals surface area contributed by atoms with Crippen LogP contribution in [0.3, 0.4) is 0 Å². The Morgan fingerprint density at radius 3 is 3.27 bits per heavy atom. The van der Waals surface area contributed by atoms with Crippen molar-refractivity contribution in [2.75, 3.05) is 5.75 Å². The predicted octanol–water partition coefficient (Wildman–Crippen LogP) is 2.52. The molecule has 1 aliphatic heterocycles. The van der Waals surface area contributed by atoms with Crippen LogP contribution in [0.2, 0.25) is 5.15 Å². The summed E-state index contributed by atoms with van der Waals surface area (Å²) < 4.78 is 0. The van der Waals surface area contributed by atoms with Gasteiger partial charge in [-0.2, -0.15) is 11.8 Å². The van der Waals surface area contributed by atoms with Gasteiger partial charge in [0.25, 0.3) is 0 Å². The standard InChI is InChI=1S/C8H8ClNS/c9-8-2-1-6-3-4-11-5-7(6)10-8/h1-2H,3-5H2. The van der Waals surface area contributed by atoms with Crippen LogP contribution in [0.25, 0.3) is 0 Å². The third kappa shape index (κ3) is 1.52. The molecular formula is C8H8ClNS. The summed E-state index contributed by atoms with van der Waals surface area (Å²) in [5, 5.41) is 0.617. The zero-order chi connectivity index (χ0) is 7.68. The van der Waals surface area contributed by atoms with Crippen LogP contribution in [0.4, 0.5) is 0 Å². The molecule has 58 valence electrons. The smallest absolute Gasteiger partial charge is 0.129 e. The molecule has 0 amide bonds. The molecule has 0 saturated carbocycles. The van der Waals surface area contributed by atoms with Gasteiger partial charge < -0.3 is 0 Å². The van der Waals surface area contributed by atoms with Crippen molar-refractivity contribution in [1.82, 2.24) is 4.98 Å². The van der Waals surface area contributed by atoms with Crippen LogP contribution < -0.4 is 0 Å². The Hall–Kier alpha value is -0.210. The Morgan fingerprint density at radius 2 is 2.36 bits per heavy atom. The molecule has 0 atom stereocenters. The average Bonchev–Trinajstić information content (AvgIpc) is 2.04. The van der Waals surface area contributed by atoms with E-state index in [9.17, 15) is 0 Å². The van der Waals surface area contributed by atoms with Crippen LogP contribution in [-0.2, 0) is 12.2 Å². The summed E-state index contributed by atoms with van der Waals surface area (Å²) in [6.45, 7) is 0. The van der Waals surface area contributed by atoms with Crippen molar-refractivity contribution in [2.45, 2.75) is 12.2 Å². The van der Waals surface area contributed by atoms with Crippen molar-refractivity contribution < 1.29 is 0 Å². The minimum atomic E-state index is 0.617.